The lowest BCUT2D eigenvalue weighted by molar-refractivity contribution is -0.384. The van der Waals surface area contributed by atoms with Crippen LogP contribution in [0.4, 0.5) is 11.4 Å². The molecular weight excluding hydrogens is 372 g/mol. The van der Waals surface area contributed by atoms with Crippen LogP contribution in [0.1, 0.15) is 15.9 Å². The van der Waals surface area contributed by atoms with E-state index in [9.17, 15) is 14.9 Å². The molecule has 154 valence electrons. The number of amides is 1. The van der Waals surface area contributed by atoms with Gasteiger partial charge in [0.2, 0.25) is 0 Å². The van der Waals surface area contributed by atoms with E-state index in [4.69, 9.17) is 4.74 Å². The lowest BCUT2D eigenvalue weighted by Gasteiger charge is -2.33. The minimum absolute atomic E-state index is 0.108. The Bertz CT molecular complexity index is 857. The van der Waals surface area contributed by atoms with Gasteiger partial charge in [-0.3, -0.25) is 19.8 Å². The van der Waals surface area contributed by atoms with Crippen LogP contribution >= 0.6 is 0 Å². The molecule has 1 atom stereocenters. The number of hydrogen-bond acceptors (Lipinski definition) is 6. The average molecular weight is 398 g/mol. The molecule has 8 nitrogen and oxygen atoms in total. The molecule has 0 saturated carbocycles. The summed E-state index contributed by atoms with van der Waals surface area (Å²) in [6.07, 6.45) is -0.127. The smallest absolute Gasteiger partial charge is 0.270 e. The number of carbonyl (C=O) groups is 1. The van der Waals surface area contributed by atoms with Gasteiger partial charge in [0.25, 0.3) is 11.6 Å². The Balaban J connectivity index is 1.61. The maximum atomic E-state index is 12.7. The topological polar surface area (TPSA) is 87.9 Å². The highest BCUT2D eigenvalue weighted by Crippen LogP contribution is 2.24. The molecule has 2 aromatic rings. The molecule has 0 aromatic heterocycles. The van der Waals surface area contributed by atoms with Crippen molar-refractivity contribution in [2.24, 2.45) is 0 Å². The van der Waals surface area contributed by atoms with E-state index >= 15 is 0 Å². The van der Waals surface area contributed by atoms with E-state index in [1.54, 1.807) is 25.1 Å². The van der Waals surface area contributed by atoms with Crippen LogP contribution in [-0.2, 0) is 11.3 Å². The van der Waals surface area contributed by atoms with Gasteiger partial charge in [-0.1, -0.05) is 30.3 Å². The van der Waals surface area contributed by atoms with E-state index in [0.717, 1.165) is 13.1 Å². The molecule has 1 fully saturated rings. The lowest BCUT2D eigenvalue weighted by Crippen LogP contribution is -2.47. The van der Waals surface area contributed by atoms with Gasteiger partial charge in [-0.05, 0) is 11.6 Å². The molecule has 0 spiro atoms. The summed E-state index contributed by atoms with van der Waals surface area (Å²) in [4.78, 5) is 27.4. The van der Waals surface area contributed by atoms with Gasteiger partial charge in [0.1, 0.15) is 0 Å². The summed E-state index contributed by atoms with van der Waals surface area (Å²) in [5, 5.41) is 14.0. The predicted molar refractivity (Wildman–Crippen MR) is 111 cm³/mol. The normalized spacial score (nSPS) is 17.0. The number of nitrogens with one attached hydrogen (secondary N) is 1. The Labute approximate surface area is 170 Å². The number of anilines is 1. The summed E-state index contributed by atoms with van der Waals surface area (Å²) in [5.74, 6) is -0.346. The first-order chi connectivity index (χ1) is 13.9. The second-order valence-corrected chi connectivity index (χ2v) is 7.28. The SMILES string of the molecule is CN(C)c1ccc([N+](=O)[O-])cc1C(=O)NCC1CN(Cc2ccccc2)CCO1. The van der Waals surface area contributed by atoms with Gasteiger partial charge >= 0.3 is 0 Å². The summed E-state index contributed by atoms with van der Waals surface area (Å²) < 4.78 is 5.80. The van der Waals surface area contributed by atoms with Crippen LogP contribution in [-0.4, -0.2) is 62.2 Å². The fraction of sp³-hybridized carbons (Fsp3) is 0.381. The molecule has 0 radical (unpaired) electrons. The Kier molecular flexibility index (Phi) is 6.79. The summed E-state index contributed by atoms with van der Waals surface area (Å²) in [6.45, 7) is 3.34. The molecule has 3 rings (SSSR count). The quantitative estimate of drug-likeness (QED) is 0.569. The van der Waals surface area contributed by atoms with Crippen LogP contribution < -0.4 is 10.2 Å². The van der Waals surface area contributed by atoms with Crippen molar-refractivity contribution in [1.82, 2.24) is 10.2 Å². The number of nitrogens with zero attached hydrogens (tertiary/aromatic N) is 3. The number of non-ortho nitro benzene ring substituents is 1. The van der Waals surface area contributed by atoms with Gasteiger partial charge in [-0.25, -0.2) is 0 Å². The zero-order valence-corrected chi connectivity index (χ0v) is 16.7. The number of carbonyl (C=O) groups excluding carboxylic acids is 1. The van der Waals surface area contributed by atoms with Crippen LogP contribution in [0, 0.1) is 10.1 Å². The molecular formula is C21H26N4O4. The van der Waals surface area contributed by atoms with Gasteiger partial charge in [-0.2, -0.15) is 0 Å². The number of nitro benzene ring substituents is 1. The van der Waals surface area contributed by atoms with Crippen LogP contribution in [0.2, 0.25) is 0 Å². The number of rotatable bonds is 7. The van der Waals surface area contributed by atoms with Crippen LogP contribution in [0.25, 0.3) is 0 Å². The fourth-order valence-corrected chi connectivity index (χ4v) is 3.40. The predicted octanol–water partition coefficient (Wildman–Crippen LogP) is 2.29. The minimum atomic E-state index is -0.498. The van der Waals surface area contributed by atoms with Crippen LogP contribution in [0.3, 0.4) is 0 Å². The molecule has 29 heavy (non-hydrogen) atoms. The highest BCUT2D eigenvalue weighted by molar-refractivity contribution is 6.00. The van der Waals surface area contributed by atoms with Gasteiger partial charge in [0.15, 0.2) is 0 Å². The summed E-state index contributed by atoms with van der Waals surface area (Å²) in [7, 11) is 3.59. The van der Waals surface area contributed by atoms with Crippen molar-refractivity contribution in [3.8, 4) is 0 Å². The van der Waals surface area contributed by atoms with Crippen LogP contribution in [0.5, 0.6) is 0 Å². The van der Waals surface area contributed by atoms with Crippen molar-refractivity contribution >= 4 is 17.3 Å². The molecule has 1 unspecified atom stereocenters. The zero-order valence-electron chi connectivity index (χ0n) is 16.7. The highest BCUT2D eigenvalue weighted by atomic mass is 16.6. The summed E-state index contributed by atoms with van der Waals surface area (Å²) in [5.41, 5.74) is 2.04. The summed E-state index contributed by atoms with van der Waals surface area (Å²) in [6, 6.07) is 14.5. The first kappa shape index (κ1) is 20.8. The lowest BCUT2D eigenvalue weighted by atomic mass is 10.1. The molecule has 0 bridgehead atoms. The Morgan fingerprint density at radius 2 is 2.03 bits per heavy atom. The maximum absolute atomic E-state index is 12.7. The van der Waals surface area contributed by atoms with Crippen molar-refractivity contribution in [2.45, 2.75) is 12.6 Å². The molecule has 1 heterocycles. The van der Waals surface area contributed by atoms with E-state index in [1.807, 2.05) is 18.2 Å². The summed E-state index contributed by atoms with van der Waals surface area (Å²) >= 11 is 0. The third kappa shape index (κ3) is 5.52. The molecule has 8 heteroatoms. The number of ether oxygens (including phenoxy) is 1. The maximum Gasteiger partial charge on any atom is 0.270 e. The van der Waals surface area contributed by atoms with Crippen molar-refractivity contribution < 1.29 is 14.5 Å². The van der Waals surface area contributed by atoms with E-state index in [1.165, 1.54) is 17.7 Å². The third-order valence-corrected chi connectivity index (χ3v) is 4.88. The molecule has 1 aliphatic heterocycles. The Morgan fingerprint density at radius 1 is 1.28 bits per heavy atom. The number of hydrogen-bond donors (Lipinski definition) is 1. The second-order valence-electron chi connectivity index (χ2n) is 7.28. The van der Waals surface area contributed by atoms with Gasteiger partial charge in [0.05, 0.1) is 23.2 Å². The van der Waals surface area contributed by atoms with Crippen molar-refractivity contribution in [3.63, 3.8) is 0 Å². The second kappa shape index (κ2) is 9.49. The largest absolute Gasteiger partial charge is 0.377 e. The first-order valence-electron chi connectivity index (χ1n) is 9.56. The fourth-order valence-electron chi connectivity index (χ4n) is 3.40. The Morgan fingerprint density at radius 3 is 2.72 bits per heavy atom. The van der Waals surface area contributed by atoms with E-state index in [-0.39, 0.29) is 23.3 Å². The zero-order chi connectivity index (χ0) is 20.8. The molecule has 1 N–H and O–H groups in total. The standard InChI is InChI=1S/C21H26N4O4/c1-23(2)20-9-8-17(25(27)28)12-19(20)21(26)22-13-18-15-24(10-11-29-18)14-16-6-4-3-5-7-16/h3-9,12,18H,10-11,13-15H2,1-2H3,(H,22,26). The van der Waals surface area contributed by atoms with E-state index in [0.29, 0.717) is 25.4 Å². The van der Waals surface area contributed by atoms with Gasteiger partial charge in [-0.15, -0.1) is 0 Å². The molecule has 2 aromatic carbocycles. The average Bonchev–Trinajstić information content (AvgIpc) is 2.72. The Hall–Kier alpha value is -2.97. The highest BCUT2D eigenvalue weighted by Gasteiger charge is 2.23. The molecule has 1 amide bonds. The molecule has 0 aliphatic carbocycles. The first-order valence-corrected chi connectivity index (χ1v) is 9.56. The number of morpholine rings is 1. The number of nitro groups is 1. The molecule has 1 aliphatic rings. The van der Waals surface area contributed by atoms with Crippen molar-refractivity contribution in [1.29, 1.82) is 0 Å². The van der Waals surface area contributed by atoms with E-state index < -0.39 is 4.92 Å². The molecule has 1 saturated heterocycles. The van der Waals surface area contributed by atoms with Crippen molar-refractivity contribution in [3.05, 3.63) is 69.8 Å². The number of benzene rings is 2. The van der Waals surface area contributed by atoms with E-state index in [2.05, 4.69) is 22.3 Å². The van der Waals surface area contributed by atoms with Crippen molar-refractivity contribution in [2.75, 3.05) is 45.2 Å². The minimum Gasteiger partial charge on any atom is -0.377 e. The third-order valence-electron chi connectivity index (χ3n) is 4.88. The van der Waals surface area contributed by atoms with Gasteiger partial charge in [0, 0.05) is 58.1 Å². The monoisotopic (exact) mass is 398 g/mol. The van der Waals surface area contributed by atoms with Gasteiger partial charge < -0.3 is 15.0 Å². The van der Waals surface area contributed by atoms with Crippen LogP contribution in [0.15, 0.2) is 48.5 Å².